The smallest absolute Gasteiger partial charge is 0.320 e. The van der Waals surface area contributed by atoms with Gasteiger partial charge in [0.1, 0.15) is 13.2 Å². The van der Waals surface area contributed by atoms with E-state index >= 15 is 0 Å². The minimum atomic E-state index is -0.340. The van der Waals surface area contributed by atoms with E-state index in [1.54, 1.807) is 0 Å². The van der Waals surface area contributed by atoms with Gasteiger partial charge in [-0.2, -0.15) is 15.1 Å². The Labute approximate surface area is 222 Å². The summed E-state index contributed by atoms with van der Waals surface area (Å²) in [5, 5.41) is 8.27. The molecular weight excluding hydrogens is 484 g/mol. The molecule has 0 aliphatic carbocycles. The van der Waals surface area contributed by atoms with Crippen LogP contribution in [0.3, 0.4) is 0 Å². The number of nitrogens with one attached hydrogen (secondary N) is 1. The molecule has 0 spiro atoms. The molecule has 2 fully saturated rings. The van der Waals surface area contributed by atoms with Gasteiger partial charge in [-0.3, -0.25) is 9.89 Å². The molecular formula is C28H34N6O4. The molecule has 38 heavy (non-hydrogen) atoms. The van der Waals surface area contributed by atoms with Crippen LogP contribution in [0.1, 0.15) is 54.5 Å². The third kappa shape index (κ3) is 4.57. The highest BCUT2D eigenvalue weighted by Crippen LogP contribution is 2.44. The van der Waals surface area contributed by atoms with Crippen LogP contribution in [-0.4, -0.2) is 81.8 Å². The Hall–Kier alpha value is -3.66. The van der Waals surface area contributed by atoms with E-state index in [2.05, 4.69) is 46.7 Å². The first-order valence-electron chi connectivity index (χ1n) is 13.4. The number of ether oxygens (including phenoxy) is 3. The van der Waals surface area contributed by atoms with Crippen LogP contribution in [0.25, 0.3) is 10.9 Å². The zero-order chi connectivity index (χ0) is 26.2. The van der Waals surface area contributed by atoms with Crippen molar-refractivity contribution in [2.45, 2.75) is 50.7 Å². The van der Waals surface area contributed by atoms with Gasteiger partial charge < -0.3 is 24.0 Å². The average Bonchev–Trinajstić information content (AvgIpc) is 3.59. The highest BCUT2D eigenvalue weighted by atomic mass is 16.6. The van der Waals surface area contributed by atoms with E-state index < -0.39 is 0 Å². The number of aryl methyl sites for hydroxylation is 1. The number of aromatic nitrogens is 4. The maximum Gasteiger partial charge on any atom is 0.320 e. The molecule has 3 aromatic rings. The number of likely N-dealkylation sites (tertiary alicyclic amines) is 2. The number of fused-ring (bicyclic) bond motifs is 2. The number of benzene rings is 1. The van der Waals surface area contributed by atoms with Gasteiger partial charge in [0.2, 0.25) is 11.7 Å². The number of nitrogens with zero attached hydrogens (tertiary/aromatic N) is 5. The predicted molar refractivity (Wildman–Crippen MR) is 142 cm³/mol. The van der Waals surface area contributed by atoms with Crippen molar-refractivity contribution in [3.63, 3.8) is 0 Å². The number of aromatic amines is 1. The van der Waals surface area contributed by atoms with Crippen LogP contribution in [0.15, 0.2) is 31.0 Å². The number of hydrogen-bond acceptors (Lipinski definition) is 8. The lowest BCUT2D eigenvalue weighted by molar-refractivity contribution is -0.127. The predicted octanol–water partition coefficient (Wildman–Crippen LogP) is 3.54. The molecule has 0 bridgehead atoms. The Morgan fingerprint density at radius 2 is 2.08 bits per heavy atom. The van der Waals surface area contributed by atoms with Gasteiger partial charge in [0.15, 0.2) is 6.10 Å². The second-order valence-electron chi connectivity index (χ2n) is 10.5. The largest absolute Gasteiger partial charge is 0.482 e. The van der Waals surface area contributed by atoms with Crippen molar-refractivity contribution in [3.8, 4) is 17.6 Å². The standard InChI is InChI=1S/C28H34N6O4/c1-4-23(35)34-12-9-18(10-13-34)25-26-27(31-28(30-25)37-15-19-6-5-11-33(19)3)38-22(16-36-26)24-17(2)7-8-21-20(24)14-29-32-21/h4,7-8,14,18-19,22H,1,5-6,9-13,15-16H2,2-3H3,(H,29,32). The maximum atomic E-state index is 12.1. The third-order valence-corrected chi connectivity index (χ3v) is 8.12. The number of carbonyl (C=O) groups is 1. The second kappa shape index (κ2) is 10.2. The molecule has 5 heterocycles. The minimum Gasteiger partial charge on any atom is -0.482 e. The van der Waals surface area contributed by atoms with Crippen LogP contribution >= 0.6 is 0 Å². The summed E-state index contributed by atoms with van der Waals surface area (Å²) in [6.45, 7) is 8.91. The molecule has 1 amide bonds. The van der Waals surface area contributed by atoms with E-state index in [1.165, 1.54) is 12.5 Å². The summed E-state index contributed by atoms with van der Waals surface area (Å²) in [7, 11) is 2.12. The summed E-state index contributed by atoms with van der Waals surface area (Å²) in [4.78, 5) is 25.8. The van der Waals surface area contributed by atoms with Crippen molar-refractivity contribution in [1.29, 1.82) is 0 Å². The van der Waals surface area contributed by atoms with Crippen molar-refractivity contribution >= 4 is 16.8 Å². The molecule has 3 aliphatic heterocycles. The molecule has 1 aromatic carbocycles. The quantitative estimate of drug-likeness (QED) is 0.494. The van der Waals surface area contributed by atoms with Gasteiger partial charge in [0, 0.05) is 36.0 Å². The van der Waals surface area contributed by atoms with E-state index in [9.17, 15) is 4.79 Å². The van der Waals surface area contributed by atoms with Crippen LogP contribution < -0.4 is 14.2 Å². The molecule has 200 valence electrons. The van der Waals surface area contributed by atoms with Gasteiger partial charge in [-0.25, -0.2) is 0 Å². The number of piperidine rings is 1. The normalized spacial score (nSPS) is 22.1. The van der Waals surface area contributed by atoms with Gasteiger partial charge in [-0.05, 0) is 63.9 Å². The summed E-state index contributed by atoms with van der Waals surface area (Å²) in [6.07, 6.45) is 6.67. The first kappa shape index (κ1) is 24.7. The van der Waals surface area contributed by atoms with Crippen LogP contribution in [-0.2, 0) is 4.79 Å². The maximum absolute atomic E-state index is 12.1. The van der Waals surface area contributed by atoms with Crippen LogP contribution in [0.5, 0.6) is 17.6 Å². The van der Waals surface area contributed by atoms with E-state index in [0.717, 1.165) is 53.5 Å². The zero-order valence-corrected chi connectivity index (χ0v) is 22.0. The molecule has 2 atom stereocenters. The molecule has 3 aliphatic rings. The third-order valence-electron chi connectivity index (χ3n) is 8.12. The molecule has 6 rings (SSSR count). The second-order valence-corrected chi connectivity index (χ2v) is 10.5. The fourth-order valence-electron chi connectivity index (χ4n) is 5.89. The average molecular weight is 519 g/mol. The molecule has 1 N–H and O–H groups in total. The number of H-pyrrole nitrogens is 1. The fourth-order valence-corrected chi connectivity index (χ4v) is 5.89. The molecule has 10 heteroatoms. The van der Waals surface area contributed by atoms with Crippen LogP contribution in [0.2, 0.25) is 0 Å². The van der Waals surface area contributed by atoms with Crippen molar-refractivity contribution in [2.24, 2.45) is 0 Å². The Morgan fingerprint density at radius 1 is 1.24 bits per heavy atom. The topological polar surface area (TPSA) is 106 Å². The van der Waals surface area contributed by atoms with E-state index in [-0.39, 0.29) is 17.9 Å². The van der Waals surface area contributed by atoms with Gasteiger partial charge in [0.05, 0.1) is 17.4 Å². The summed E-state index contributed by atoms with van der Waals surface area (Å²) in [5.41, 5.74) is 3.89. The SMILES string of the molecule is C=CC(=O)N1CCC(c2nc(OCC3CCCN3C)nc3c2OCC(c2c(C)ccc4[nH]ncc24)O3)CC1. The van der Waals surface area contributed by atoms with E-state index in [0.29, 0.717) is 50.0 Å². The van der Waals surface area contributed by atoms with Crippen molar-refractivity contribution in [2.75, 3.05) is 39.9 Å². The fraction of sp³-hybridized carbons (Fsp3) is 0.500. The zero-order valence-electron chi connectivity index (χ0n) is 22.0. The Bertz CT molecular complexity index is 1350. The van der Waals surface area contributed by atoms with Crippen molar-refractivity contribution in [1.82, 2.24) is 30.0 Å². The number of hydrogen-bond donors (Lipinski definition) is 1. The number of amides is 1. The molecule has 2 unspecified atom stereocenters. The number of likely N-dealkylation sites (N-methyl/N-ethyl adjacent to an activating group) is 1. The lowest BCUT2D eigenvalue weighted by atomic mass is 9.92. The lowest BCUT2D eigenvalue weighted by Crippen LogP contribution is -2.37. The number of rotatable bonds is 6. The molecule has 2 saturated heterocycles. The summed E-state index contributed by atoms with van der Waals surface area (Å²) >= 11 is 0. The van der Waals surface area contributed by atoms with Crippen LogP contribution in [0.4, 0.5) is 0 Å². The van der Waals surface area contributed by atoms with E-state index in [4.69, 9.17) is 19.2 Å². The molecule has 2 aromatic heterocycles. The van der Waals surface area contributed by atoms with Crippen molar-refractivity contribution in [3.05, 3.63) is 47.8 Å². The lowest BCUT2D eigenvalue weighted by Gasteiger charge is -2.33. The van der Waals surface area contributed by atoms with Gasteiger partial charge in [-0.1, -0.05) is 12.6 Å². The molecule has 10 nitrogen and oxygen atoms in total. The van der Waals surface area contributed by atoms with Gasteiger partial charge >= 0.3 is 6.01 Å². The summed E-state index contributed by atoms with van der Waals surface area (Å²) in [5.74, 6) is 1.06. The summed E-state index contributed by atoms with van der Waals surface area (Å²) in [6, 6.07) is 4.74. The first-order chi connectivity index (χ1) is 18.5. The monoisotopic (exact) mass is 518 g/mol. The highest BCUT2D eigenvalue weighted by molar-refractivity contribution is 5.87. The summed E-state index contributed by atoms with van der Waals surface area (Å²) < 4.78 is 19.1. The Kier molecular flexibility index (Phi) is 6.65. The van der Waals surface area contributed by atoms with Gasteiger partial charge in [-0.15, -0.1) is 0 Å². The first-order valence-corrected chi connectivity index (χ1v) is 13.4. The number of carbonyl (C=O) groups excluding carboxylic acids is 1. The van der Waals surface area contributed by atoms with Gasteiger partial charge in [0.25, 0.3) is 5.88 Å². The Morgan fingerprint density at radius 3 is 2.84 bits per heavy atom. The van der Waals surface area contributed by atoms with E-state index in [1.807, 2.05) is 17.2 Å². The molecule has 0 saturated carbocycles. The molecule has 0 radical (unpaired) electrons. The van der Waals surface area contributed by atoms with Crippen LogP contribution in [0, 0.1) is 6.92 Å². The highest BCUT2D eigenvalue weighted by Gasteiger charge is 2.35. The Balaban J connectivity index is 1.31. The minimum absolute atomic E-state index is 0.0379. The van der Waals surface area contributed by atoms with Crippen molar-refractivity contribution < 1.29 is 19.0 Å².